The van der Waals surface area contributed by atoms with Crippen LogP contribution >= 0.6 is 0 Å². The Labute approximate surface area is 217 Å². The van der Waals surface area contributed by atoms with Crippen molar-refractivity contribution in [2.24, 2.45) is 11.8 Å². The SMILES string of the molecule is Cc1nc(C[C@H]2CCCN(C(=O)Cn3c(CC(C)C)nc4ccccc43)C2)cc(Nc2cc(C)[nH]n2)n1. The quantitative estimate of drug-likeness (QED) is 0.367. The minimum Gasteiger partial charge on any atom is -0.341 e. The number of carbonyl (C=O) groups is 1. The summed E-state index contributed by atoms with van der Waals surface area (Å²) in [6.07, 6.45) is 3.75. The van der Waals surface area contributed by atoms with Crippen molar-refractivity contribution in [3.05, 3.63) is 59.4 Å². The molecule has 9 nitrogen and oxygen atoms in total. The first kappa shape index (κ1) is 24.9. The Morgan fingerprint density at radius 2 is 1.97 bits per heavy atom. The normalized spacial score (nSPS) is 16.0. The molecule has 9 heteroatoms. The predicted molar refractivity (Wildman–Crippen MR) is 145 cm³/mol. The molecule has 1 atom stereocenters. The molecule has 1 amide bonds. The van der Waals surface area contributed by atoms with Gasteiger partial charge in [-0.3, -0.25) is 9.89 Å². The molecule has 1 fully saturated rings. The van der Waals surface area contributed by atoms with Crippen LogP contribution in [0.5, 0.6) is 0 Å². The third-order valence-corrected chi connectivity index (χ3v) is 6.84. The van der Waals surface area contributed by atoms with Gasteiger partial charge in [0.1, 0.15) is 24.0 Å². The Bertz CT molecular complexity index is 1390. The van der Waals surface area contributed by atoms with Gasteiger partial charge in [0, 0.05) is 43.0 Å². The zero-order valence-corrected chi connectivity index (χ0v) is 22.2. The topological polar surface area (TPSA) is 105 Å². The van der Waals surface area contributed by atoms with Gasteiger partial charge in [0.2, 0.25) is 5.91 Å². The van der Waals surface area contributed by atoms with Crippen molar-refractivity contribution < 1.29 is 4.79 Å². The summed E-state index contributed by atoms with van der Waals surface area (Å²) in [6.45, 7) is 10.1. The highest BCUT2D eigenvalue weighted by Gasteiger charge is 2.26. The monoisotopic (exact) mass is 500 g/mol. The van der Waals surface area contributed by atoms with Gasteiger partial charge in [0.15, 0.2) is 5.82 Å². The van der Waals surface area contributed by atoms with E-state index in [9.17, 15) is 4.79 Å². The number of fused-ring (bicyclic) bond motifs is 1. The maximum absolute atomic E-state index is 13.5. The Hall–Kier alpha value is -3.75. The average Bonchev–Trinajstić information content (AvgIpc) is 3.41. The maximum Gasteiger partial charge on any atom is 0.242 e. The zero-order valence-electron chi connectivity index (χ0n) is 22.2. The molecule has 0 bridgehead atoms. The van der Waals surface area contributed by atoms with Crippen LogP contribution < -0.4 is 5.32 Å². The molecule has 5 rings (SSSR count). The summed E-state index contributed by atoms with van der Waals surface area (Å²) in [5.74, 6) is 4.18. The van der Waals surface area contributed by atoms with Crippen molar-refractivity contribution in [3.63, 3.8) is 0 Å². The van der Waals surface area contributed by atoms with Crippen molar-refractivity contribution >= 4 is 28.6 Å². The van der Waals surface area contributed by atoms with Gasteiger partial charge in [-0.05, 0) is 57.1 Å². The molecule has 2 N–H and O–H groups in total. The molecule has 1 saturated heterocycles. The van der Waals surface area contributed by atoms with E-state index in [0.29, 0.717) is 18.4 Å². The van der Waals surface area contributed by atoms with Crippen LogP contribution in [-0.2, 0) is 24.2 Å². The highest BCUT2D eigenvalue weighted by molar-refractivity contribution is 5.81. The second kappa shape index (κ2) is 10.7. The number of amides is 1. The fourth-order valence-electron chi connectivity index (χ4n) is 5.22. The molecule has 1 aliphatic heterocycles. The van der Waals surface area contributed by atoms with Crippen LogP contribution in [0.2, 0.25) is 0 Å². The number of H-pyrrole nitrogens is 1. The van der Waals surface area contributed by atoms with Crippen molar-refractivity contribution in [2.75, 3.05) is 18.4 Å². The van der Waals surface area contributed by atoms with E-state index in [1.54, 1.807) is 0 Å². The molecule has 0 spiro atoms. The standard InChI is InChI=1S/C28H36N8O/c1-18(2)12-27-31-23-9-5-6-10-24(23)36(27)17-28(37)35-11-7-8-21(16-35)14-22-15-25(30-20(4)29-22)32-26-13-19(3)33-34-26/h5-6,9-10,13,15,18,21H,7-8,11-12,14,16-17H2,1-4H3,(H2,29,30,32,33,34)/t21-/m1/s1. The van der Waals surface area contributed by atoms with E-state index < -0.39 is 0 Å². The molecule has 0 radical (unpaired) electrons. The van der Waals surface area contributed by atoms with Crippen LogP contribution in [0.25, 0.3) is 11.0 Å². The lowest BCUT2D eigenvalue weighted by Crippen LogP contribution is -2.42. The van der Waals surface area contributed by atoms with Crippen molar-refractivity contribution in [1.82, 2.24) is 34.6 Å². The molecular weight excluding hydrogens is 464 g/mol. The first-order valence-electron chi connectivity index (χ1n) is 13.2. The fraction of sp³-hybridized carbons (Fsp3) is 0.464. The number of rotatable bonds is 8. The van der Waals surface area contributed by atoms with Crippen molar-refractivity contribution in [3.8, 4) is 0 Å². The number of imidazole rings is 1. The molecular formula is C28H36N8O. The van der Waals surface area contributed by atoms with E-state index in [-0.39, 0.29) is 5.91 Å². The molecule has 0 saturated carbocycles. The molecule has 37 heavy (non-hydrogen) atoms. The van der Waals surface area contributed by atoms with E-state index in [0.717, 1.165) is 84.5 Å². The van der Waals surface area contributed by atoms with Crippen LogP contribution in [0.1, 0.15) is 49.7 Å². The first-order chi connectivity index (χ1) is 17.8. The van der Waals surface area contributed by atoms with Crippen LogP contribution in [-0.4, -0.2) is 53.6 Å². The summed E-state index contributed by atoms with van der Waals surface area (Å²) >= 11 is 0. The third kappa shape index (κ3) is 5.98. The van der Waals surface area contributed by atoms with Crippen LogP contribution in [0, 0.1) is 25.7 Å². The summed E-state index contributed by atoms with van der Waals surface area (Å²) in [5.41, 5.74) is 3.96. The number of carbonyl (C=O) groups excluding carboxylic acids is 1. The number of hydrogen-bond acceptors (Lipinski definition) is 6. The van der Waals surface area contributed by atoms with Crippen LogP contribution in [0.15, 0.2) is 36.4 Å². The van der Waals surface area contributed by atoms with E-state index >= 15 is 0 Å². The average molecular weight is 501 g/mol. The number of anilines is 2. The van der Waals surface area contributed by atoms with Gasteiger partial charge in [-0.2, -0.15) is 5.10 Å². The highest BCUT2D eigenvalue weighted by Crippen LogP contribution is 2.24. The Balaban J connectivity index is 1.27. The molecule has 3 aromatic heterocycles. The Kier molecular flexibility index (Phi) is 7.21. The van der Waals surface area contributed by atoms with Gasteiger partial charge in [-0.1, -0.05) is 26.0 Å². The minimum absolute atomic E-state index is 0.160. The number of nitrogens with zero attached hydrogens (tertiary/aromatic N) is 6. The lowest BCUT2D eigenvalue weighted by molar-refractivity contribution is -0.133. The van der Waals surface area contributed by atoms with Gasteiger partial charge < -0.3 is 14.8 Å². The number of benzene rings is 1. The number of aromatic amines is 1. The molecule has 1 aromatic carbocycles. The molecule has 194 valence electrons. The molecule has 4 heterocycles. The smallest absolute Gasteiger partial charge is 0.242 e. The van der Waals surface area contributed by atoms with E-state index in [4.69, 9.17) is 4.98 Å². The number of para-hydroxylation sites is 2. The van der Waals surface area contributed by atoms with E-state index in [1.807, 2.05) is 49.1 Å². The van der Waals surface area contributed by atoms with Gasteiger partial charge in [-0.15, -0.1) is 0 Å². The molecule has 0 unspecified atom stereocenters. The first-order valence-corrected chi connectivity index (χ1v) is 13.2. The lowest BCUT2D eigenvalue weighted by Gasteiger charge is -2.33. The Morgan fingerprint density at radius 1 is 1.14 bits per heavy atom. The minimum atomic E-state index is 0.160. The van der Waals surface area contributed by atoms with Gasteiger partial charge in [0.25, 0.3) is 0 Å². The van der Waals surface area contributed by atoms with Crippen LogP contribution in [0.3, 0.4) is 0 Å². The van der Waals surface area contributed by atoms with Crippen LogP contribution in [0.4, 0.5) is 11.6 Å². The molecule has 0 aliphatic carbocycles. The van der Waals surface area contributed by atoms with Gasteiger partial charge >= 0.3 is 0 Å². The summed E-state index contributed by atoms with van der Waals surface area (Å²) < 4.78 is 2.11. The number of aryl methyl sites for hydroxylation is 2. The van der Waals surface area contributed by atoms with Gasteiger partial charge in [-0.25, -0.2) is 15.0 Å². The number of aromatic nitrogens is 6. The number of hydrogen-bond donors (Lipinski definition) is 2. The zero-order chi connectivity index (χ0) is 25.9. The maximum atomic E-state index is 13.5. The summed E-state index contributed by atoms with van der Waals surface area (Å²) in [6, 6.07) is 12.0. The third-order valence-electron chi connectivity index (χ3n) is 6.84. The second-order valence-corrected chi connectivity index (χ2v) is 10.6. The van der Waals surface area contributed by atoms with Gasteiger partial charge in [0.05, 0.1) is 11.0 Å². The second-order valence-electron chi connectivity index (χ2n) is 10.6. The highest BCUT2D eigenvalue weighted by atomic mass is 16.2. The number of nitrogens with one attached hydrogen (secondary N) is 2. The van der Waals surface area contributed by atoms with E-state index in [1.165, 1.54) is 0 Å². The number of likely N-dealkylation sites (tertiary alicyclic amines) is 1. The molecule has 1 aliphatic rings. The fourth-order valence-corrected chi connectivity index (χ4v) is 5.22. The lowest BCUT2D eigenvalue weighted by atomic mass is 9.93. The number of piperidine rings is 1. The summed E-state index contributed by atoms with van der Waals surface area (Å²) in [4.78, 5) is 29.6. The van der Waals surface area contributed by atoms with Crippen molar-refractivity contribution in [2.45, 2.75) is 59.9 Å². The molecule has 4 aromatic rings. The predicted octanol–water partition coefficient (Wildman–Crippen LogP) is 4.59. The summed E-state index contributed by atoms with van der Waals surface area (Å²) in [5, 5.41) is 10.4. The Morgan fingerprint density at radius 3 is 2.76 bits per heavy atom. The van der Waals surface area contributed by atoms with Crippen molar-refractivity contribution in [1.29, 1.82) is 0 Å². The summed E-state index contributed by atoms with van der Waals surface area (Å²) in [7, 11) is 0. The van der Waals surface area contributed by atoms with E-state index in [2.05, 4.69) is 50.0 Å². The largest absolute Gasteiger partial charge is 0.341 e.